The zero-order chi connectivity index (χ0) is 19.1. The number of hydrogen-bond donors (Lipinski definition) is 1. The zero-order valence-corrected chi connectivity index (χ0v) is 16.7. The number of piperidine rings is 1. The Balaban J connectivity index is 1.52. The average Bonchev–Trinajstić information content (AvgIpc) is 2.72. The van der Waals surface area contributed by atoms with E-state index in [1.165, 1.54) is 5.56 Å². The summed E-state index contributed by atoms with van der Waals surface area (Å²) in [4.78, 5) is 2.44. The van der Waals surface area contributed by atoms with Gasteiger partial charge in [-0.15, -0.1) is 0 Å². The van der Waals surface area contributed by atoms with Crippen molar-refractivity contribution >= 4 is 17.7 Å². The number of halogens is 1. The Morgan fingerprint density at radius 3 is 2.44 bits per heavy atom. The van der Waals surface area contributed by atoms with Crippen molar-refractivity contribution in [2.75, 3.05) is 33.4 Å². The number of rotatable bonds is 7. The summed E-state index contributed by atoms with van der Waals surface area (Å²) in [7, 11) is 1.68. The van der Waals surface area contributed by atoms with Gasteiger partial charge >= 0.3 is 0 Å². The van der Waals surface area contributed by atoms with Gasteiger partial charge in [-0.2, -0.15) is 0 Å². The lowest BCUT2D eigenvalue weighted by Crippen LogP contribution is -2.43. The molecule has 27 heavy (non-hydrogen) atoms. The second-order valence-corrected chi connectivity index (χ2v) is 7.81. The van der Waals surface area contributed by atoms with Gasteiger partial charge in [0, 0.05) is 18.2 Å². The highest BCUT2D eigenvalue weighted by atomic mass is 35.5. The molecule has 144 valence electrons. The van der Waals surface area contributed by atoms with Crippen molar-refractivity contribution in [3.63, 3.8) is 0 Å². The van der Waals surface area contributed by atoms with E-state index in [1.807, 2.05) is 30.3 Å². The van der Waals surface area contributed by atoms with Gasteiger partial charge in [0.05, 0.1) is 7.11 Å². The minimum Gasteiger partial charge on any atom is -0.497 e. The Kier molecular flexibility index (Phi) is 6.95. The SMILES string of the molecule is COc1ccc(/C=C/CN2CCC(CO)(Cc3ccccc3Cl)CC2)cc1. The van der Waals surface area contributed by atoms with E-state index in [4.69, 9.17) is 16.3 Å². The molecule has 1 N–H and O–H groups in total. The standard InChI is InChI=1S/C23H28ClNO2/c1-27-21-10-8-19(9-11-21)5-4-14-25-15-12-23(18-26,13-16-25)17-20-6-2-3-7-22(20)24/h2-11,26H,12-18H2,1H3/b5-4+. The van der Waals surface area contributed by atoms with Crippen molar-refractivity contribution in [1.29, 1.82) is 0 Å². The Hall–Kier alpha value is -1.81. The van der Waals surface area contributed by atoms with Crippen LogP contribution in [-0.2, 0) is 6.42 Å². The van der Waals surface area contributed by atoms with E-state index in [2.05, 4.69) is 35.3 Å². The molecule has 3 nitrogen and oxygen atoms in total. The molecule has 2 aromatic rings. The van der Waals surface area contributed by atoms with Gasteiger partial charge in [0.1, 0.15) is 5.75 Å². The van der Waals surface area contributed by atoms with Crippen molar-refractivity contribution in [3.05, 3.63) is 70.8 Å². The van der Waals surface area contributed by atoms with E-state index >= 15 is 0 Å². The molecular weight excluding hydrogens is 358 g/mol. The first-order valence-electron chi connectivity index (χ1n) is 9.51. The molecule has 0 aromatic heterocycles. The summed E-state index contributed by atoms with van der Waals surface area (Å²) in [5.41, 5.74) is 2.26. The molecule has 0 aliphatic carbocycles. The number of aliphatic hydroxyl groups excluding tert-OH is 1. The van der Waals surface area contributed by atoms with Crippen LogP contribution in [0, 0.1) is 5.41 Å². The normalized spacial score (nSPS) is 17.3. The molecule has 1 heterocycles. The predicted octanol–water partition coefficient (Wildman–Crippen LogP) is 4.68. The van der Waals surface area contributed by atoms with Crippen LogP contribution in [0.1, 0.15) is 24.0 Å². The van der Waals surface area contributed by atoms with Crippen molar-refractivity contribution in [2.24, 2.45) is 5.41 Å². The van der Waals surface area contributed by atoms with Gasteiger partial charge in [-0.3, -0.25) is 4.90 Å². The first-order chi connectivity index (χ1) is 13.1. The molecule has 0 saturated carbocycles. The predicted molar refractivity (Wildman–Crippen MR) is 112 cm³/mol. The zero-order valence-electron chi connectivity index (χ0n) is 15.9. The fourth-order valence-corrected chi connectivity index (χ4v) is 3.90. The van der Waals surface area contributed by atoms with Crippen LogP contribution in [0.3, 0.4) is 0 Å². The highest BCUT2D eigenvalue weighted by molar-refractivity contribution is 6.31. The monoisotopic (exact) mass is 385 g/mol. The fourth-order valence-electron chi connectivity index (χ4n) is 3.70. The van der Waals surface area contributed by atoms with Crippen LogP contribution in [-0.4, -0.2) is 43.4 Å². The van der Waals surface area contributed by atoms with Gasteiger partial charge in [-0.25, -0.2) is 0 Å². The molecule has 0 radical (unpaired) electrons. The summed E-state index contributed by atoms with van der Waals surface area (Å²) >= 11 is 6.33. The van der Waals surface area contributed by atoms with Crippen molar-refractivity contribution in [3.8, 4) is 5.75 Å². The summed E-state index contributed by atoms with van der Waals surface area (Å²) in [5.74, 6) is 0.877. The lowest BCUT2D eigenvalue weighted by atomic mass is 9.74. The Morgan fingerprint density at radius 2 is 1.81 bits per heavy atom. The van der Waals surface area contributed by atoms with Crippen LogP contribution in [0.5, 0.6) is 5.75 Å². The quantitative estimate of drug-likeness (QED) is 0.751. The molecule has 2 aromatic carbocycles. The maximum Gasteiger partial charge on any atom is 0.118 e. The molecule has 1 aliphatic rings. The summed E-state index contributed by atoms with van der Waals surface area (Å²) in [6, 6.07) is 16.1. The van der Waals surface area contributed by atoms with Crippen LogP contribution in [0.15, 0.2) is 54.6 Å². The third kappa shape index (κ3) is 5.35. The minimum atomic E-state index is -0.0544. The van der Waals surface area contributed by atoms with Crippen molar-refractivity contribution < 1.29 is 9.84 Å². The van der Waals surface area contributed by atoms with Crippen molar-refractivity contribution in [1.82, 2.24) is 4.90 Å². The smallest absolute Gasteiger partial charge is 0.118 e. The fraction of sp³-hybridized carbons (Fsp3) is 0.391. The van der Waals surface area contributed by atoms with E-state index in [-0.39, 0.29) is 12.0 Å². The van der Waals surface area contributed by atoms with Crippen LogP contribution in [0.25, 0.3) is 6.08 Å². The number of likely N-dealkylation sites (tertiary alicyclic amines) is 1. The van der Waals surface area contributed by atoms with Gasteiger partial charge in [0.15, 0.2) is 0 Å². The molecule has 4 heteroatoms. The van der Waals surface area contributed by atoms with E-state index < -0.39 is 0 Å². The number of benzene rings is 2. The number of ether oxygens (including phenoxy) is 1. The lowest BCUT2D eigenvalue weighted by molar-refractivity contribution is 0.0484. The second kappa shape index (κ2) is 9.41. The molecule has 1 aliphatic heterocycles. The molecule has 0 spiro atoms. The van der Waals surface area contributed by atoms with Crippen LogP contribution in [0.2, 0.25) is 5.02 Å². The molecule has 0 atom stereocenters. The molecular formula is C23H28ClNO2. The van der Waals surface area contributed by atoms with Gasteiger partial charge in [-0.05, 0) is 67.1 Å². The highest BCUT2D eigenvalue weighted by Gasteiger charge is 2.34. The first-order valence-corrected chi connectivity index (χ1v) is 9.89. The lowest BCUT2D eigenvalue weighted by Gasteiger charge is -2.40. The summed E-state index contributed by atoms with van der Waals surface area (Å²) < 4.78 is 5.19. The molecule has 1 saturated heterocycles. The molecule has 0 bridgehead atoms. The van der Waals surface area contributed by atoms with Gasteiger partial charge in [-0.1, -0.05) is 54.1 Å². The van der Waals surface area contributed by atoms with E-state index in [0.29, 0.717) is 0 Å². The number of methoxy groups -OCH3 is 1. The van der Waals surface area contributed by atoms with Gasteiger partial charge < -0.3 is 9.84 Å². The number of nitrogens with zero attached hydrogens (tertiary/aromatic N) is 1. The Bertz CT molecular complexity index is 749. The topological polar surface area (TPSA) is 32.7 Å². The molecule has 0 unspecified atom stereocenters. The summed E-state index contributed by atoms with van der Waals surface area (Å²) in [6.45, 7) is 3.14. The molecule has 1 fully saturated rings. The van der Waals surface area contributed by atoms with E-state index in [0.717, 1.165) is 55.2 Å². The number of hydrogen-bond acceptors (Lipinski definition) is 3. The third-order valence-electron chi connectivity index (χ3n) is 5.57. The summed E-state index contributed by atoms with van der Waals surface area (Å²) in [6.07, 6.45) is 7.19. The molecule has 0 amide bonds. The maximum absolute atomic E-state index is 10.1. The van der Waals surface area contributed by atoms with Crippen molar-refractivity contribution in [2.45, 2.75) is 19.3 Å². The maximum atomic E-state index is 10.1. The Labute approximate surface area is 167 Å². The summed E-state index contributed by atoms with van der Waals surface area (Å²) in [5, 5.41) is 10.9. The van der Waals surface area contributed by atoms with E-state index in [1.54, 1.807) is 7.11 Å². The molecule has 3 rings (SSSR count). The first kappa shape index (κ1) is 19.9. The van der Waals surface area contributed by atoms with Gasteiger partial charge in [0.25, 0.3) is 0 Å². The second-order valence-electron chi connectivity index (χ2n) is 7.40. The van der Waals surface area contributed by atoms with Crippen LogP contribution in [0.4, 0.5) is 0 Å². The van der Waals surface area contributed by atoms with E-state index in [9.17, 15) is 5.11 Å². The van der Waals surface area contributed by atoms with Gasteiger partial charge in [0.2, 0.25) is 0 Å². The Morgan fingerprint density at radius 1 is 1.11 bits per heavy atom. The minimum absolute atomic E-state index is 0.0544. The largest absolute Gasteiger partial charge is 0.497 e. The average molecular weight is 386 g/mol. The number of aliphatic hydroxyl groups is 1. The third-order valence-corrected chi connectivity index (χ3v) is 5.93. The highest BCUT2D eigenvalue weighted by Crippen LogP contribution is 2.36. The van der Waals surface area contributed by atoms with Crippen LogP contribution >= 0.6 is 11.6 Å². The van der Waals surface area contributed by atoms with Crippen LogP contribution < -0.4 is 4.74 Å².